The first-order chi connectivity index (χ1) is 10.1. The highest BCUT2D eigenvalue weighted by molar-refractivity contribution is 7.11. The summed E-state index contributed by atoms with van der Waals surface area (Å²) in [7, 11) is 3.26. The van der Waals surface area contributed by atoms with Gasteiger partial charge in [0.25, 0.3) is 0 Å². The highest BCUT2D eigenvalue weighted by atomic mass is 32.1. The van der Waals surface area contributed by atoms with E-state index in [2.05, 4.69) is 17.3 Å². The van der Waals surface area contributed by atoms with Gasteiger partial charge in [-0.15, -0.1) is 11.3 Å². The van der Waals surface area contributed by atoms with Gasteiger partial charge >= 0.3 is 0 Å². The van der Waals surface area contributed by atoms with Crippen LogP contribution in [0.2, 0.25) is 0 Å². The molecule has 0 bridgehead atoms. The fourth-order valence-corrected chi connectivity index (χ4v) is 3.23. The van der Waals surface area contributed by atoms with E-state index in [-0.39, 0.29) is 6.04 Å². The van der Waals surface area contributed by atoms with Gasteiger partial charge in [0, 0.05) is 16.9 Å². The van der Waals surface area contributed by atoms with Crippen molar-refractivity contribution in [2.24, 2.45) is 5.84 Å². The zero-order chi connectivity index (χ0) is 15.4. The van der Waals surface area contributed by atoms with Crippen LogP contribution in [0.5, 0.6) is 11.5 Å². The van der Waals surface area contributed by atoms with Gasteiger partial charge in [0.15, 0.2) is 11.5 Å². The fourth-order valence-electron chi connectivity index (χ4n) is 2.25. The second kappa shape index (κ2) is 6.89. The van der Waals surface area contributed by atoms with Crippen LogP contribution in [0.15, 0.2) is 18.2 Å². The van der Waals surface area contributed by atoms with Crippen molar-refractivity contribution in [1.82, 2.24) is 10.4 Å². The number of aromatic nitrogens is 1. The molecule has 0 amide bonds. The van der Waals surface area contributed by atoms with Crippen LogP contribution < -0.4 is 20.7 Å². The minimum absolute atomic E-state index is 0.0833. The van der Waals surface area contributed by atoms with E-state index in [9.17, 15) is 0 Å². The molecule has 2 aromatic rings. The average Bonchev–Trinajstić information content (AvgIpc) is 2.82. The number of hydrogen-bond acceptors (Lipinski definition) is 6. The van der Waals surface area contributed by atoms with E-state index in [0.717, 1.165) is 16.3 Å². The molecule has 1 aromatic carbocycles. The highest BCUT2D eigenvalue weighted by Gasteiger charge is 2.20. The van der Waals surface area contributed by atoms with Gasteiger partial charge in [0.1, 0.15) is 0 Å². The molecule has 2 rings (SSSR count). The molecule has 5 nitrogen and oxygen atoms in total. The maximum atomic E-state index is 5.74. The Morgan fingerprint density at radius 2 is 2.05 bits per heavy atom. The standard InChI is InChI=1S/C15H21N3O2S/c1-9-10(2)21-14(17-9)8-12(18-16)11-6-5-7-13(19-3)15(11)20-4/h5-7,12,18H,8,16H2,1-4H3. The van der Waals surface area contributed by atoms with E-state index in [1.54, 1.807) is 25.6 Å². The number of ether oxygens (including phenoxy) is 2. The summed E-state index contributed by atoms with van der Waals surface area (Å²) in [5, 5.41) is 1.05. The smallest absolute Gasteiger partial charge is 0.165 e. The third kappa shape index (κ3) is 3.34. The molecule has 0 aliphatic heterocycles. The molecular weight excluding hydrogens is 286 g/mol. The molecule has 0 saturated carbocycles. The summed E-state index contributed by atoms with van der Waals surface area (Å²) < 4.78 is 10.8. The molecule has 21 heavy (non-hydrogen) atoms. The van der Waals surface area contributed by atoms with Crippen molar-refractivity contribution in [3.8, 4) is 11.5 Å². The average molecular weight is 307 g/mol. The lowest BCUT2D eigenvalue weighted by atomic mass is 10.0. The first-order valence-corrected chi connectivity index (χ1v) is 7.52. The van der Waals surface area contributed by atoms with Crippen molar-refractivity contribution in [2.75, 3.05) is 14.2 Å². The maximum Gasteiger partial charge on any atom is 0.165 e. The highest BCUT2D eigenvalue weighted by Crippen LogP contribution is 2.36. The van der Waals surface area contributed by atoms with Crippen molar-refractivity contribution in [3.63, 3.8) is 0 Å². The van der Waals surface area contributed by atoms with Crippen molar-refractivity contribution >= 4 is 11.3 Å². The van der Waals surface area contributed by atoms with Crippen molar-refractivity contribution < 1.29 is 9.47 Å². The van der Waals surface area contributed by atoms with Crippen LogP contribution in [-0.2, 0) is 6.42 Å². The molecule has 1 unspecified atom stereocenters. The summed E-state index contributed by atoms with van der Waals surface area (Å²) in [6.45, 7) is 4.10. The number of nitrogens with one attached hydrogen (secondary N) is 1. The maximum absolute atomic E-state index is 5.74. The molecule has 1 aromatic heterocycles. The molecule has 0 fully saturated rings. The van der Waals surface area contributed by atoms with Crippen LogP contribution >= 0.6 is 11.3 Å². The lowest BCUT2D eigenvalue weighted by Crippen LogP contribution is -2.30. The number of nitrogens with zero attached hydrogens (tertiary/aromatic N) is 1. The van der Waals surface area contributed by atoms with Crippen LogP contribution in [0.1, 0.15) is 27.2 Å². The summed E-state index contributed by atoms with van der Waals surface area (Å²) >= 11 is 1.70. The number of methoxy groups -OCH3 is 2. The van der Waals surface area contributed by atoms with Crippen LogP contribution in [0.3, 0.4) is 0 Å². The van der Waals surface area contributed by atoms with Crippen molar-refractivity contribution in [1.29, 1.82) is 0 Å². The lowest BCUT2D eigenvalue weighted by Gasteiger charge is -2.19. The molecule has 0 spiro atoms. The monoisotopic (exact) mass is 307 g/mol. The quantitative estimate of drug-likeness (QED) is 0.634. The molecule has 0 saturated heterocycles. The Kier molecular flexibility index (Phi) is 5.17. The summed E-state index contributed by atoms with van der Waals surface area (Å²) in [5.74, 6) is 7.14. The normalized spacial score (nSPS) is 12.2. The van der Waals surface area contributed by atoms with Gasteiger partial charge in [0.05, 0.1) is 31.0 Å². The van der Waals surface area contributed by atoms with E-state index in [0.29, 0.717) is 17.9 Å². The van der Waals surface area contributed by atoms with Gasteiger partial charge in [-0.2, -0.15) is 0 Å². The summed E-state index contributed by atoms with van der Waals surface area (Å²) in [6, 6.07) is 5.70. The van der Waals surface area contributed by atoms with Gasteiger partial charge in [0.2, 0.25) is 0 Å². The van der Waals surface area contributed by atoms with Crippen LogP contribution in [0.25, 0.3) is 0 Å². The second-order valence-corrected chi connectivity index (χ2v) is 6.04. The summed E-state index contributed by atoms with van der Waals surface area (Å²) in [4.78, 5) is 5.81. The number of nitrogens with two attached hydrogens (primary N) is 1. The molecule has 114 valence electrons. The number of benzene rings is 1. The number of hydrogen-bond donors (Lipinski definition) is 2. The van der Waals surface area contributed by atoms with Gasteiger partial charge in [-0.3, -0.25) is 11.3 Å². The van der Waals surface area contributed by atoms with Crippen LogP contribution in [-0.4, -0.2) is 19.2 Å². The first kappa shape index (κ1) is 15.8. The molecule has 3 N–H and O–H groups in total. The molecular formula is C15H21N3O2S. The Labute approximate surface area is 129 Å². The van der Waals surface area contributed by atoms with E-state index in [1.807, 2.05) is 25.1 Å². The Balaban J connectivity index is 2.33. The topological polar surface area (TPSA) is 69.4 Å². The fraction of sp³-hybridized carbons (Fsp3) is 0.400. The predicted octanol–water partition coefficient (Wildman–Crippen LogP) is 2.52. The number of para-hydroxylation sites is 1. The number of thiazole rings is 1. The van der Waals surface area contributed by atoms with E-state index in [4.69, 9.17) is 15.3 Å². The largest absolute Gasteiger partial charge is 0.493 e. The van der Waals surface area contributed by atoms with Crippen molar-refractivity contribution in [2.45, 2.75) is 26.3 Å². The number of aryl methyl sites for hydroxylation is 2. The molecule has 0 aliphatic rings. The van der Waals surface area contributed by atoms with E-state index < -0.39 is 0 Å². The Bertz CT molecular complexity index is 593. The minimum Gasteiger partial charge on any atom is -0.493 e. The van der Waals surface area contributed by atoms with Crippen molar-refractivity contribution in [3.05, 3.63) is 39.3 Å². The SMILES string of the molecule is COc1cccc(C(Cc2nc(C)c(C)s2)NN)c1OC. The number of hydrazine groups is 1. The third-order valence-electron chi connectivity index (χ3n) is 3.46. The Hall–Kier alpha value is -1.63. The van der Waals surface area contributed by atoms with Crippen LogP contribution in [0, 0.1) is 13.8 Å². The van der Waals surface area contributed by atoms with Gasteiger partial charge in [-0.1, -0.05) is 12.1 Å². The third-order valence-corrected chi connectivity index (χ3v) is 4.56. The predicted molar refractivity (Wildman–Crippen MR) is 84.9 cm³/mol. The van der Waals surface area contributed by atoms with Crippen LogP contribution in [0.4, 0.5) is 0 Å². The Morgan fingerprint density at radius 3 is 2.57 bits per heavy atom. The summed E-state index contributed by atoms with van der Waals surface area (Å²) in [6.07, 6.45) is 0.708. The molecule has 0 radical (unpaired) electrons. The van der Waals surface area contributed by atoms with E-state index >= 15 is 0 Å². The van der Waals surface area contributed by atoms with Gasteiger partial charge in [-0.25, -0.2) is 4.98 Å². The Morgan fingerprint density at radius 1 is 1.29 bits per heavy atom. The zero-order valence-electron chi connectivity index (χ0n) is 12.8. The lowest BCUT2D eigenvalue weighted by molar-refractivity contribution is 0.346. The minimum atomic E-state index is -0.0833. The van der Waals surface area contributed by atoms with Gasteiger partial charge < -0.3 is 9.47 Å². The summed E-state index contributed by atoms with van der Waals surface area (Å²) in [5.41, 5.74) is 4.89. The zero-order valence-corrected chi connectivity index (χ0v) is 13.6. The molecule has 6 heteroatoms. The molecule has 1 atom stereocenters. The first-order valence-electron chi connectivity index (χ1n) is 6.70. The van der Waals surface area contributed by atoms with Gasteiger partial charge in [-0.05, 0) is 19.9 Å². The van der Waals surface area contributed by atoms with E-state index in [1.165, 1.54) is 4.88 Å². The second-order valence-electron chi connectivity index (χ2n) is 4.76. The number of rotatable bonds is 6. The molecule has 1 heterocycles. The molecule has 0 aliphatic carbocycles.